The summed E-state index contributed by atoms with van der Waals surface area (Å²) in [5, 5.41) is 12.9. The van der Waals surface area contributed by atoms with Gasteiger partial charge in [0.15, 0.2) is 11.5 Å². The van der Waals surface area contributed by atoms with Crippen LogP contribution in [0.25, 0.3) is 5.70 Å². The van der Waals surface area contributed by atoms with Gasteiger partial charge in [-0.1, -0.05) is 0 Å². The number of carbonyl (C=O) groups is 2. The number of rotatable bonds is 5. The Hall–Kier alpha value is -2.80. The minimum Gasteiger partial charge on any atom is -0.493 e. The molecule has 7 nitrogen and oxygen atoms in total. The summed E-state index contributed by atoms with van der Waals surface area (Å²) in [5.41, 5.74) is 2.24. The summed E-state index contributed by atoms with van der Waals surface area (Å²) in [5.74, 6) is 0.0764. The Balaban J connectivity index is 2.24. The first-order valence-electron chi connectivity index (χ1n) is 8.45. The molecular formula is C19H22N2O5. The van der Waals surface area contributed by atoms with Crippen molar-refractivity contribution in [2.75, 3.05) is 20.8 Å². The molecule has 2 N–H and O–H groups in total. The number of aldehydes is 1. The van der Waals surface area contributed by atoms with Crippen LogP contribution in [-0.2, 0) is 9.59 Å². The lowest BCUT2D eigenvalue weighted by Crippen LogP contribution is -2.49. The molecule has 0 bridgehead atoms. The third-order valence-electron chi connectivity index (χ3n) is 4.81. The van der Waals surface area contributed by atoms with Gasteiger partial charge in [0.1, 0.15) is 6.29 Å². The van der Waals surface area contributed by atoms with Crippen LogP contribution in [0.2, 0.25) is 0 Å². The summed E-state index contributed by atoms with van der Waals surface area (Å²) >= 11 is 0. The highest BCUT2D eigenvalue weighted by Crippen LogP contribution is 2.45. The van der Waals surface area contributed by atoms with E-state index in [1.54, 1.807) is 26.5 Å². The number of carboxylic acid groups (broad SMARTS) is 1. The van der Waals surface area contributed by atoms with Crippen LogP contribution in [0.1, 0.15) is 30.0 Å². The summed E-state index contributed by atoms with van der Waals surface area (Å²) in [6.07, 6.45) is 6.73. The predicted octanol–water partition coefficient (Wildman–Crippen LogP) is 1.95. The average Bonchev–Trinajstić information content (AvgIpc) is 2.66. The molecule has 1 aromatic carbocycles. The van der Waals surface area contributed by atoms with E-state index in [9.17, 15) is 14.7 Å². The third-order valence-corrected chi connectivity index (χ3v) is 4.81. The van der Waals surface area contributed by atoms with Gasteiger partial charge in [-0.25, -0.2) is 4.79 Å². The van der Waals surface area contributed by atoms with Crippen molar-refractivity contribution >= 4 is 18.0 Å². The number of piperidine rings is 1. The van der Waals surface area contributed by atoms with Crippen molar-refractivity contribution in [3.05, 3.63) is 41.6 Å². The molecule has 0 aromatic heterocycles. The maximum atomic E-state index is 11.5. The molecule has 0 radical (unpaired) electrons. The van der Waals surface area contributed by atoms with Gasteiger partial charge >= 0.3 is 5.97 Å². The minimum absolute atomic E-state index is 0.000744. The van der Waals surface area contributed by atoms with Crippen LogP contribution >= 0.6 is 0 Å². The maximum absolute atomic E-state index is 11.5. The highest BCUT2D eigenvalue weighted by Gasteiger charge is 2.39. The Morgan fingerprint density at radius 1 is 1.31 bits per heavy atom. The van der Waals surface area contributed by atoms with E-state index in [1.807, 2.05) is 11.0 Å². The minimum atomic E-state index is -1.05. The monoisotopic (exact) mass is 358 g/mol. The predicted molar refractivity (Wildman–Crippen MR) is 96.0 cm³/mol. The van der Waals surface area contributed by atoms with Crippen LogP contribution in [0, 0.1) is 0 Å². The van der Waals surface area contributed by atoms with Crippen molar-refractivity contribution in [1.82, 2.24) is 10.2 Å². The van der Waals surface area contributed by atoms with Crippen LogP contribution in [-0.4, -0.2) is 49.1 Å². The summed E-state index contributed by atoms with van der Waals surface area (Å²) < 4.78 is 10.8. The van der Waals surface area contributed by atoms with Gasteiger partial charge in [0.05, 0.1) is 32.0 Å². The fraction of sp³-hybridized carbons (Fsp3) is 0.368. The molecule has 2 heterocycles. The normalized spacial score (nSPS) is 23.5. The largest absolute Gasteiger partial charge is 0.493 e. The number of nitrogens with zero attached hydrogens (tertiary/aromatic N) is 1. The van der Waals surface area contributed by atoms with Crippen molar-refractivity contribution in [2.45, 2.75) is 24.9 Å². The first-order chi connectivity index (χ1) is 12.6. The maximum Gasteiger partial charge on any atom is 0.330 e. The van der Waals surface area contributed by atoms with E-state index in [-0.39, 0.29) is 12.1 Å². The fourth-order valence-electron chi connectivity index (χ4n) is 3.77. The second-order valence-corrected chi connectivity index (χ2v) is 6.19. The standard InChI is InChI=1S/C19H22N2O5/c1-25-16-9-12-13(10-17(16)26-2)19-14(5-3-6-20-19)21(7-4-8-22)15(12)11-18(23)24/h4,7-11,14,19-20H,3,5-6H2,1-2H3,(H,23,24)/b7-4-,15-11-. The number of nitrogens with one attached hydrogen (secondary N) is 1. The third kappa shape index (κ3) is 3.17. The van der Waals surface area contributed by atoms with Crippen LogP contribution in [0.4, 0.5) is 0 Å². The number of aliphatic carboxylic acids is 1. The fourth-order valence-corrected chi connectivity index (χ4v) is 3.77. The molecular weight excluding hydrogens is 336 g/mol. The lowest BCUT2D eigenvalue weighted by molar-refractivity contribution is -0.131. The zero-order valence-corrected chi connectivity index (χ0v) is 14.8. The number of ether oxygens (including phenoxy) is 2. The number of methoxy groups -OCH3 is 2. The number of allylic oxidation sites excluding steroid dienone is 1. The molecule has 0 amide bonds. The number of benzene rings is 1. The summed E-state index contributed by atoms with van der Waals surface area (Å²) in [7, 11) is 3.12. The summed E-state index contributed by atoms with van der Waals surface area (Å²) in [6, 6.07) is 3.70. The Labute approximate surface area is 151 Å². The van der Waals surface area contributed by atoms with Crippen LogP contribution in [0.5, 0.6) is 11.5 Å². The van der Waals surface area contributed by atoms with E-state index in [0.717, 1.165) is 30.5 Å². The Kier molecular flexibility index (Phi) is 5.27. The van der Waals surface area contributed by atoms with Crippen LogP contribution in [0.15, 0.2) is 30.5 Å². The molecule has 2 aliphatic rings. The van der Waals surface area contributed by atoms with Gasteiger partial charge in [-0.15, -0.1) is 0 Å². The highest BCUT2D eigenvalue weighted by atomic mass is 16.5. The molecule has 0 saturated carbocycles. The zero-order chi connectivity index (χ0) is 18.7. The molecule has 2 unspecified atom stereocenters. The highest BCUT2D eigenvalue weighted by molar-refractivity contribution is 5.91. The molecule has 1 aromatic rings. The van der Waals surface area contributed by atoms with Crippen molar-refractivity contribution < 1.29 is 24.2 Å². The van der Waals surface area contributed by atoms with Crippen molar-refractivity contribution in [2.24, 2.45) is 0 Å². The SMILES string of the molecule is COc1cc2c(cc1OC)C1NCCCC1N(/C=C\C=O)/C2=C\C(=O)O. The van der Waals surface area contributed by atoms with Crippen LogP contribution < -0.4 is 14.8 Å². The van der Waals surface area contributed by atoms with Gasteiger partial charge in [-0.05, 0) is 43.2 Å². The number of carboxylic acids is 1. The first-order valence-corrected chi connectivity index (χ1v) is 8.45. The summed E-state index contributed by atoms with van der Waals surface area (Å²) in [6.45, 7) is 0.873. The first kappa shape index (κ1) is 18.0. The van der Waals surface area contributed by atoms with Gasteiger partial charge in [0.25, 0.3) is 0 Å². The van der Waals surface area contributed by atoms with Gasteiger partial charge in [0, 0.05) is 17.8 Å². The van der Waals surface area contributed by atoms with Crippen molar-refractivity contribution in [3.63, 3.8) is 0 Å². The number of hydrogen-bond donors (Lipinski definition) is 2. The molecule has 1 saturated heterocycles. The molecule has 2 aliphatic heterocycles. The lowest BCUT2D eigenvalue weighted by Gasteiger charge is -2.46. The van der Waals surface area contributed by atoms with E-state index in [2.05, 4.69) is 5.32 Å². The van der Waals surface area contributed by atoms with Gasteiger partial charge in [-0.3, -0.25) is 4.79 Å². The van der Waals surface area contributed by atoms with E-state index in [4.69, 9.17) is 9.47 Å². The molecule has 3 rings (SSSR count). The second-order valence-electron chi connectivity index (χ2n) is 6.19. The van der Waals surface area contributed by atoms with Gasteiger partial charge < -0.3 is 24.8 Å². The Morgan fingerprint density at radius 2 is 2.04 bits per heavy atom. The van der Waals surface area contributed by atoms with Gasteiger partial charge in [-0.2, -0.15) is 0 Å². The van der Waals surface area contributed by atoms with Crippen molar-refractivity contribution in [1.29, 1.82) is 0 Å². The van der Waals surface area contributed by atoms with E-state index in [0.29, 0.717) is 23.5 Å². The lowest BCUT2D eigenvalue weighted by atomic mass is 9.82. The van der Waals surface area contributed by atoms with E-state index >= 15 is 0 Å². The smallest absolute Gasteiger partial charge is 0.330 e. The molecule has 0 aliphatic carbocycles. The second kappa shape index (κ2) is 7.61. The summed E-state index contributed by atoms with van der Waals surface area (Å²) in [4.78, 5) is 24.2. The quantitative estimate of drug-likeness (QED) is 0.614. The van der Waals surface area contributed by atoms with E-state index in [1.165, 1.54) is 12.2 Å². The topological polar surface area (TPSA) is 88.1 Å². The average molecular weight is 358 g/mol. The van der Waals surface area contributed by atoms with E-state index < -0.39 is 5.97 Å². The van der Waals surface area contributed by atoms with Crippen LogP contribution in [0.3, 0.4) is 0 Å². The molecule has 1 fully saturated rings. The van der Waals surface area contributed by atoms with Crippen molar-refractivity contribution in [3.8, 4) is 11.5 Å². The number of carbonyl (C=O) groups excluding carboxylic acids is 1. The molecule has 0 spiro atoms. The number of hydrogen-bond acceptors (Lipinski definition) is 6. The molecule has 138 valence electrons. The Bertz CT molecular complexity index is 771. The molecule has 7 heteroatoms. The number of fused-ring (bicyclic) bond motifs is 3. The zero-order valence-electron chi connectivity index (χ0n) is 14.8. The van der Waals surface area contributed by atoms with Gasteiger partial charge in [0.2, 0.25) is 0 Å². The molecule has 2 atom stereocenters. The molecule has 26 heavy (non-hydrogen) atoms. The Morgan fingerprint density at radius 3 is 2.69 bits per heavy atom.